The van der Waals surface area contributed by atoms with Crippen molar-refractivity contribution in [3.63, 3.8) is 0 Å². The Labute approximate surface area is 202 Å². The minimum Gasteiger partial charge on any atom is -0.287 e. The van der Waals surface area contributed by atoms with Crippen molar-refractivity contribution >= 4 is 49.7 Å². The SMILES string of the molecule is CC(C#Cc1cc(-c2ccc(Cl)cc2)n(-c2ccc(S(C)(=O)=O)cc2)n1)SC(=S)N(C)O. The predicted octanol–water partition coefficient (Wildman–Crippen LogP) is 4.68. The van der Waals surface area contributed by atoms with Gasteiger partial charge in [0.1, 0.15) is 5.69 Å². The highest BCUT2D eigenvalue weighted by atomic mass is 35.5. The fourth-order valence-corrected chi connectivity index (χ4v) is 4.49. The van der Waals surface area contributed by atoms with Crippen molar-refractivity contribution in [2.24, 2.45) is 0 Å². The van der Waals surface area contributed by atoms with E-state index in [1.807, 2.05) is 25.1 Å². The van der Waals surface area contributed by atoms with E-state index in [2.05, 4.69) is 16.9 Å². The molecule has 0 aliphatic rings. The fraction of sp³-hybridized carbons (Fsp3) is 0.182. The number of thiocarbonyl (C=S) groups is 1. The molecule has 0 spiro atoms. The van der Waals surface area contributed by atoms with Crippen molar-refractivity contribution in [1.29, 1.82) is 0 Å². The van der Waals surface area contributed by atoms with E-state index in [1.165, 1.54) is 25.1 Å². The van der Waals surface area contributed by atoms with Gasteiger partial charge < -0.3 is 0 Å². The molecule has 1 atom stereocenters. The van der Waals surface area contributed by atoms with Crippen molar-refractivity contribution in [2.75, 3.05) is 13.3 Å². The molecule has 6 nitrogen and oxygen atoms in total. The molecule has 32 heavy (non-hydrogen) atoms. The molecular weight excluding hydrogens is 486 g/mol. The van der Waals surface area contributed by atoms with Gasteiger partial charge in [0.15, 0.2) is 14.2 Å². The lowest BCUT2D eigenvalue weighted by Gasteiger charge is -2.11. The molecule has 0 saturated carbocycles. The Morgan fingerprint density at radius 1 is 1.22 bits per heavy atom. The Hall–Kier alpha value is -2.35. The molecule has 1 unspecified atom stereocenters. The second-order valence-corrected chi connectivity index (χ2v) is 11.3. The van der Waals surface area contributed by atoms with E-state index in [4.69, 9.17) is 23.8 Å². The summed E-state index contributed by atoms with van der Waals surface area (Å²) in [6, 6.07) is 15.7. The van der Waals surface area contributed by atoms with Crippen LogP contribution in [0.3, 0.4) is 0 Å². The van der Waals surface area contributed by atoms with Crippen LogP contribution in [0.25, 0.3) is 16.9 Å². The maximum Gasteiger partial charge on any atom is 0.175 e. The molecule has 0 aliphatic heterocycles. The van der Waals surface area contributed by atoms with E-state index < -0.39 is 9.84 Å². The third kappa shape index (κ3) is 6.12. The van der Waals surface area contributed by atoms with Crippen molar-refractivity contribution in [3.05, 3.63) is 65.3 Å². The highest BCUT2D eigenvalue weighted by molar-refractivity contribution is 8.23. The quantitative estimate of drug-likeness (QED) is 0.313. The third-order valence-electron chi connectivity index (χ3n) is 4.30. The molecule has 0 radical (unpaired) electrons. The van der Waals surface area contributed by atoms with Crippen LogP contribution in [0.2, 0.25) is 5.02 Å². The molecule has 0 aliphatic carbocycles. The van der Waals surface area contributed by atoms with Crippen LogP contribution >= 0.6 is 35.6 Å². The maximum absolute atomic E-state index is 11.8. The van der Waals surface area contributed by atoms with Gasteiger partial charge in [-0.25, -0.2) is 18.2 Å². The first-order valence-corrected chi connectivity index (χ1v) is 12.9. The summed E-state index contributed by atoms with van der Waals surface area (Å²) in [7, 11) is -1.84. The first-order chi connectivity index (χ1) is 15.0. The van der Waals surface area contributed by atoms with Gasteiger partial charge >= 0.3 is 0 Å². The maximum atomic E-state index is 11.8. The molecule has 166 valence electrons. The van der Waals surface area contributed by atoms with E-state index in [-0.39, 0.29) is 10.1 Å². The van der Waals surface area contributed by atoms with Gasteiger partial charge in [0.05, 0.1) is 21.5 Å². The monoisotopic (exact) mass is 505 g/mol. The lowest BCUT2D eigenvalue weighted by Crippen LogP contribution is -2.18. The molecular formula is C22H20ClN3O3S3. The average molecular weight is 506 g/mol. The zero-order valence-electron chi connectivity index (χ0n) is 17.5. The first-order valence-electron chi connectivity index (χ1n) is 9.36. The third-order valence-corrected chi connectivity index (χ3v) is 7.17. The molecule has 1 heterocycles. The Kier molecular flexibility index (Phi) is 7.64. The summed E-state index contributed by atoms with van der Waals surface area (Å²) < 4.78 is 25.6. The summed E-state index contributed by atoms with van der Waals surface area (Å²) in [6.07, 6.45) is 1.17. The van der Waals surface area contributed by atoms with E-state index in [9.17, 15) is 13.6 Å². The van der Waals surface area contributed by atoms with E-state index in [0.29, 0.717) is 20.7 Å². The summed E-state index contributed by atoms with van der Waals surface area (Å²) in [4.78, 5) is 0.233. The topological polar surface area (TPSA) is 75.4 Å². The van der Waals surface area contributed by atoms with Crippen LogP contribution in [0.1, 0.15) is 12.6 Å². The Bertz CT molecular complexity index is 1290. The Morgan fingerprint density at radius 3 is 2.41 bits per heavy atom. The molecule has 3 rings (SSSR count). The van der Waals surface area contributed by atoms with Gasteiger partial charge in [0.25, 0.3) is 0 Å². The largest absolute Gasteiger partial charge is 0.287 e. The van der Waals surface area contributed by atoms with Crippen molar-refractivity contribution in [3.8, 4) is 28.8 Å². The number of nitrogens with zero attached hydrogens (tertiary/aromatic N) is 3. The zero-order valence-corrected chi connectivity index (χ0v) is 20.7. The summed E-state index contributed by atoms with van der Waals surface area (Å²) in [5, 5.41) is 15.4. The molecule has 0 saturated heterocycles. The fourth-order valence-electron chi connectivity index (χ4n) is 2.73. The van der Waals surface area contributed by atoms with Gasteiger partial charge in [-0.15, -0.1) is 0 Å². The minimum atomic E-state index is -3.30. The smallest absolute Gasteiger partial charge is 0.175 e. The summed E-state index contributed by atoms with van der Waals surface area (Å²) in [5.74, 6) is 6.13. The molecule has 3 aromatic rings. The summed E-state index contributed by atoms with van der Waals surface area (Å²) in [5.41, 5.74) is 2.90. The van der Waals surface area contributed by atoms with E-state index in [1.54, 1.807) is 41.1 Å². The Balaban J connectivity index is 2.01. The second-order valence-electron chi connectivity index (χ2n) is 6.92. The van der Waals surface area contributed by atoms with Crippen LogP contribution in [-0.4, -0.2) is 51.3 Å². The lowest BCUT2D eigenvalue weighted by atomic mass is 10.1. The van der Waals surface area contributed by atoms with E-state index in [0.717, 1.165) is 16.3 Å². The Morgan fingerprint density at radius 2 is 1.84 bits per heavy atom. The predicted molar refractivity (Wildman–Crippen MR) is 133 cm³/mol. The number of aromatic nitrogens is 2. The van der Waals surface area contributed by atoms with Crippen molar-refractivity contribution in [2.45, 2.75) is 17.1 Å². The number of rotatable bonds is 4. The molecule has 0 fully saturated rings. The van der Waals surface area contributed by atoms with Crippen molar-refractivity contribution in [1.82, 2.24) is 14.8 Å². The van der Waals surface area contributed by atoms with Crippen LogP contribution in [-0.2, 0) is 9.84 Å². The van der Waals surface area contributed by atoms with Crippen LogP contribution in [0, 0.1) is 11.8 Å². The van der Waals surface area contributed by atoms with Gasteiger partial charge in [-0.05, 0) is 49.2 Å². The number of hydrogen-bond acceptors (Lipinski definition) is 6. The highest BCUT2D eigenvalue weighted by Gasteiger charge is 2.13. The second kappa shape index (κ2) is 10.1. The average Bonchev–Trinajstić information content (AvgIpc) is 3.16. The summed E-state index contributed by atoms with van der Waals surface area (Å²) >= 11 is 12.4. The normalized spacial score (nSPS) is 12.0. The zero-order chi connectivity index (χ0) is 23.5. The lowest BCUT2D eigenvalue weighted by molar-refractivity contribution is 0.0205. The van der Waals surface area contributed by atoms with Crippen LogP contribution < -0.4 is 0 Å². The van der Waals surface area contributed by atoms with E-state index >= 15 is 0 Å². The molecule has 2 aromatic carbocycles. The van der Waals surface area contributed by atoms with Crippen LogP contribution in [0.5, 0.6) is 0 Å². The molecule has 1 aromatic heterocycles. The van der Waals surface area contributed by atoms with Gasteiger partial charge in [0, 0.05) is 30.0 Å². The molecule has 1 N–H and O–H groups in total. The van der Waals surface area contributed by atoms with Crippen LogP contribution in [0.15, 0.2) is 59.5 Å². The van der Waals surface area contributed by atoms with Gasteiger partial charge in [-0.2, -0.15) is 5.10 Å². The minimum absolute atomic E-state index is 0.157. The first kappa shape index (κ1) is 24.3. The van der Waals surface area contributed by atoms with Gasteiger partial charge in [-0.1, -0.05) is 53.6 Å². The number of benzene rings is 2. The number of hydrogen-bond donors (Lipinski definition) is 1. The number of halogens is 1. The molecule has 0 amide bonds. The van der Waals surface area contributed by atoms with Gasteiger partial charge in [0.2, 0.25) is 0 Å². The molecule has 10 heteroatoms. The highest BCUT2D eigenvalue weighted by Crippen LogP contribution is 2.26. The van der Waals surface area contributed by atoms with Crippen molar-refractivity contribution < 1.29 is 13.6 Å². The summed E-state index contributed by atoms with van der Waals surface area (Å²) in [6.45, 7) is 1.88. The number of thioether (sulfide) groups is 1. The molecule has 0 bridgehead atoms. The standard InChI is InChI=1S/C22H20ClN3O3S3/c1-15(31-22(30)25(2)27)4-9-18-14-21(16-5-7-17(23)8-6-16)26(24-18)19-10-12-20(13-11-19)32(3,28)29/h5-8,10-15,27H,1-3H3. The van der Waals surface area contributed by atoms with Crippen LogP contribution in [0.4, 0.5) is 0 Å². The number of sulfone groups is 1. The number of hydroxylamine groups is 2. The van der Waals surface area contributed by atoms with Gasteiger partial charge in [-0.3, -0.25) is 5.21 Å².